The van der Waals surface area contributed by atoms with E-state index in [1.807, 2.05) is 42.5 Å². The van der Waals surface area contributed by atoms with Crippen LogP contribution in [-0.4, -0.2) is 58.0 Å². The number of aliphatic hydroxyl groups excluding tert-OH is 1. The van der Waals surface area contributed by atoms with Gasteiger partial charge in [-0.05, 0) is 53.5 Å². The standard InChI is InChI=1S/C20H22N4O4S.ClH/c21-20(26)24(10-11-27-17-4-2-1-3-5-17)13-16(25)14-28-18-8-6-15(7-9-18)19-12-22-23-29-19;/h1-9,12,16,25H,10-11,13-14H2,(H2,21,26);1H. The highest BCUT2D eigenvalue weighted by molar-refractivity contribution is 7.09. The van der Waals surface area contributed by atoms with Gasteiger partial charge in [0.2, 0.25) is 0 Å². The van der Waals surface area contributed by atoms with Crippen LogP contribution in [-0.2, 0) is 0 Å². The van der Waals surface area contributed by atoms with Crippen LogP contribution < -0.4 is 15.2 Å². The van der Waals surface area contributed by atoms with Crippen molar-refractivity contribution in [3.8, 4) is 21.9 Å². The molecule has 0 aliphatic carbocycles. The fraction of sp³-hybridized carbons (Fsp3) is 0.250. The number of para-hydroxylation sites is 1. The van der Waals surface area contributed by atoms with E-state index in [0.717, 1.165) is 10.4 Å². The van der Waals surface area contributed by atoms with Crippen molar-refractivity contribution in [3.63, 3.8) is 0 Å². The summed E-state index contributed by atoms with van der Waals surface area (Å²) in [5, 5.41) is 14.0. The van der Waals surface area contributed by atoms with Gasteiger partial charge in [-0.1, -0.05) is 22.7 Å². The third kappa shape index (κ3) is 7.18. The Bertz CT molecular complexity index is 882. The van der Waals surface area contributed by atoms with Crippen molar-refractivity contribution >= 4 is 30.0 Å². The van der Waals surface area contributed by atoms with Gasteiger partial charge in [0.1, 0.15) is 30.8 Å². The summed E-state index contributed by atoms with van der Waals surface area (Å²) >= 11 is 1.31. The Morgan fingerprint density at radius 2 is 1.80 bits per heavy atom. The summed E-state index contributed by atoms with van der Waals surface area (Å²) in [6.07, 6.45) is 0.814. The second-order valence-electron chi connectivity index (χ2n) is 6.22. The van der Waals surface area contributed by atoms with Crippen molar-refractivity contribution in [2.24, 2.45) is 5.73 Å². The van der Waals surface area contributed by atoms with Crippen LogP contribution in [0.1, 0.15) is 0 Å². The molecule has 1 atom stereocenters. The number of aromatic nitrogens is 2. The molecule has 0 aliphatic rings. The number of halogens is 1. The molecule has 3 N–H and O–H groups in total. The number of carbonyl (C=O) groups excluding carboxylic acids is 1. The molecule has 0 fully saturated rings. The highest BCUT2D eigenvalue weighted by Crippen LogP contribution is 2.24. The van der Waals surface area contributed by atoms with E-state index in [-0.39, 0.29) is 38.7 Å². The molecular formula is C20H23ClN4O4S. The molecule has 0 radical (unpaired) electrons. The lowest BCUT2D eigenvalue weighted by Crippen LogP contribution is -2.44. The van der Waals surface area contributed by atoms with Crippen LogP contribution in [0.25, 0.3) is 10.4 Å². The topological polar surface area (TPSA) is 111 Å². The van der Waals surface area contributed by atoms with Gasteiger partial charge in [-0.15, -0.1) is 17.5 Å². The van der Waals surface area contributed by atoms with E-state index >= 15 is 0 Å². The minimum atomic E-state index is -0.885. The molecule has 30 heavy (non-hydrogen) atoms. The monoisotopic (exact) mass is 450 g/mol. The van der Waals surface area contributed by atoms with Gasteiger partial charge >= 0.3 is 6.03 Å². The molecule has 3 rings (SSSR count). The molecule has 1 unspecified atom stereocenters. The molecule has 0 aliphatic heterocycles. The highest BCUT2D eigenvalue weighted by atomic mass is 35.5. The Balaban J connectivity index is 0.00000320. The number of nitrogens with zero attached hydrogens (tertiary/aromatic N) is 3. The van der Waals surface area contributed by atoms with Gasteiger partial charge in [-0.2, -0.15) is 0 Å². The molecule has 2 aromatic carbocycles. The summed E-state index contributed by atoms with van der Waals surface area (Å²) in [6.45, 7) is 0.621. The smallest absolute Gasteiger partial charge is 0.314 e. The van der Waals surface area contributed by atoms with Crippen molar-refractivity contribution in [2.75, 3.05) is 26.3 Å². The highest BCUT2D eigenvalue weighted by Gasteiger charge is 2.16. The lowest BCUT2D eigenvalue weighted by Gasteiger charge is -2.23. The Kier molecular flexibility index (Phi) is 9.33. The lowest BCUT2D eigenvalue weighted by molar-refractivity contribution is 0.0746. The molecule has 1 aromatic heterocycles. The minimum absolute atomic E-state index is 0. The number of hydrogen-bond donors (Lipinski definition) is 2. The second kappa shape index (κ2) is 12.0. The van der Waals surface area contributed by atoms with Crippen molar-refractivity contribution in [2.45, 2.75) is 6.10 Å². The molecule has 0 bridgehead atoms. The van der Waals surface area contributed by atoms with E-state index < -0.39 is 12.1 Å². The first-order valence-electron chi connectivity index (χ1n) is 9.02. The third-order valence-corrected chi connectivity index (χ3v) is 4.77. The maximum absolute atomic E-state index is 11.6. The quantitative estimate of drug-likeness (QED) is 0.491. The largest absolute Gasteiger partial charge is 0.492 e. The number of carbonyl (C=O) groups is 1. The number of aliphatic hydroxyl groups is 1. The molecule has 0 saturated heterocycles. The van der Waals surface area contributed by atoms with E-state index in [9.17, 15) is 9.90 Å². The first-order valence-corrected chi connectivity index (χ1v) is 9.80. The second-order valence-corrected chi connectivity index (χ2v) is 7.00. The Labute approximate surface area is 184 Å². The predicted molar refractivity (Wildman–Crippen MR) is 117 cm³/mol. The fourth-order valence-electron chi connectivity index (χ4n) is 2.59. The lowest BCUT2D eigenvalue weighted by atomic mass is 10.2. The minimum Gasteiger partial charge on any atom is -0.492 e. The first-order chi connectivity index (χ1) is 14.1. The number of urea groups is 1. The number of rotatable bonds is 10. The molecule has 3 aromatic rings. The van der Waals surface area contributed by atoms with Crippen LogP contribution in [0.5, 0.6) is 11.5 Å². The number of amides is 2. The van der Waals surface area contributed by atoms with Crippen LogP contribution in [0, 0.1) is 0 Å². The molecule has 10 heteroatoms. The third-order valence-electron chi connectivity index (χ3n) is 4.06. The van der Waals surface area contributed by atoms with Gasteiger partial charge in [0.15, 0.2) is 0 Å². The maximum atomic E-state index is 11.6. The van der Waals surface area contributed by atoms with Gasteiger partial charge in [-0.25, -0.2) is 4.79 Å². The first kappa shape index (κ1) is 23.4. The summed E-state index contributed by atoms with van der Waals surface area (Å²) in [5.41, 5.74) is 6.40. The van der Waals surface area contributed by atoms with Crippen LogP contribution >= 0.6 is 23.9 Å². The Hall–Kier alpha value is -2.88. The van der Waals surface area contributed by atoms with Crippen molar-refractivity contribution in [1.82, 2.24) is 14.5 Å². The number of nitrogens with two attached hydrogens (primary N) is 1. The van der Waals surface area contributed by atoms with Crippen LogP contribution in [0.3, 0.4) is 0 Å². The normalized spacial score (nSPS) is 11.2. The summed E-state index contributed by atoms with van der Waals surface area (Å²) < 4.78 is 15.0. The van der Waals surface area contributed by atoms with Crippen LogP contribution in [0.2, 0.25) is 0 Å². The van der Waals surface area contributed by atoms with Crippen LogP contribution in [0.4, 0.5) is 4.79 Å². The molecule has 0 spiro atoms. The Morgan fingerprint density at radius 3 is 2.43 bits per heavy atom. The SMILES string of the molecule is Cl.NC(=O)N(CCOc1ccccc1)CC(O)COc1ccc(-c2cnns2)cc1. The van der Waals surface area contributed by atoms with Gasteiger partial charge in [-0.3, -0.25) is 0 Å². The van der Waals surface area contributed by atoms with E-state index in [0.29, 0.717) is 11.5 Å². The zero-order valence-corrected chi connectivity index (χ0v) is 17.7. The average Bonchev–Trinajstić information content (AvgIpc) is 3.27. The summed E-state index contributed by atoms with van der Waals surface area (Å²) in [5.74, 6) is 1.32. The molecule has 1 heterocycles. The molecule has 8 nitrogen and oxygen atoms in total. The van der Waals surface area contributed by atoms with Gasteiger partial charge in [0.05, 0.1) is 24.2 Å². The maximum Gasteiger partial charge on any atom is 0.314 e. The van der Waals surface area contributed by atoms with Gasteiger partial charge in [0, 0.05) is 0 Å². The zero-order chi connectivity index (χ0) is 20.5. The van der Waals surface area contributed by atoms with E-state index in [1.54, 1.807) is 18.3 Å². The number of hydrogen-bond acceptors (Lipinski definition) is 7. The fourth-order valence-corrected chi connectivity index (χ4v) is 3.11. The molecule has 160 valence electrons. The predicted octanol–water partition coefficient (Wildman–Crippen LogP) is 2.83. The van der Waals surface area contributed by atoms with Crippen molar-refractivity contribution in [3.05, 3.63) is 60.8 Å². The van der Waals surface area contributed by atoms with E-state index in [1.165, 1.54) is 16.4 Å². The zero-order valence-electron chi connectivity index (χ0n) is 16.1. The summed E-state index contributed by atoms with van der Waals surface area (Å²) in [7, 11) is 0. The average molecular weight is 451 g/mol. The van der Waals surface area contributed by atoms with Gasteiger partial charge < -0.3 is 25.2 Å². The molecule has 2 amide bonds. The van der Waals surface area contributed by atoms with E-state index in [4.69, 9.17) is 15.2 Å². The van der Waals surface area contributed by atoms with Gasteiger partial charge in [0.25, 0.3) is 0 Å². The van der Waals surface area contributed by atoms with Crippen molar-refractivity contribution in [1.29, 1.82) is 0 Å². The Morgan fingerprint density at radius 1 is 1.10 bits per heavy atom. The molecule has 0 saturated carbocycles. The van der Waals surface area contributed by atoms with Crippen molar-refractivity contribution < 1.29 is 19.4 Å². The van der Waals surface area contributed by atoms with Crippen LogP contribution in [0.15, 0.2) is 60.8 Å². The number of primary amides is 1. The number of benzene rings is 2. The summed E-state index contributed by atoms with van der Waals surface area (Å²) in [4.78, 5) is 13.9. The molecular weight excluding hydrogens is 428 g/mol. The van der Waals surface area contributed by atoms with E-state index in [2.05, 4.69) is 9.59 Å². The number of ether oxygens (including phenoxy) is 2. The summed E-state index contributed by atoms with van der Waals surface area (Å²) in [6, 6.07) is 16.1.